The lowest BCUT2D eigenvalue weighted by atomic mass is 9.79. The van der Waals surface area contributed by atoms with Crippen LogP contribution in [0.1, 0.15) is 47.2 Å². The molecule has 0 saturated carbocycles. The summed E-state index contributed by atoms with van der Waals surface area (Å²) >= 11 is 0. The van der Waals surface area contributed by atoms with Crippen molar-refractivity contribution in [1.29, 1.82) is 0 Å². The maximum Gasteiger partial charge on any atom is 0.0619 e. The first-order valence-electron chi connectivity index (χ1n) is 21.6. The van der Waals surface area contributed by atoms with E-state index < -0.39 is 0 Å². The van der Waals surface area contributed by atoms with Crippen molar-refractivity contribution in [3.63, 3.8) is 0 Å². The first-order valence-corrected chi connectivity index (χ1v) is 21.6. The van der Waals surface area contributed by atoms with E-state index in [-0.39, 0.29) is 5.41 Å². The van der Waals surface area contributed by atoms with E-state index >= 15 is 0 Å². The first-order chi connectivity index (χ1) is 30.0. The standard InChI is InChI=1S/C59H42N2/c1-59(2)50-26-14-11-23-45(50)54-48-35-41-33-39-19-9-10-20-40(39)34-42(41)36-49(48)55-47-25-13-16-28-52(47)61(58(55)56(54)59)44-31-29-37(30-32-44)53-46-24-12-15-27-51(46)60(43-21-7-4-8-22-43)57(53)38-17-5-3-6-18-38/h3-32,35-36H,33-34H2,1-2H3. The molecule has 2 heteroatoms. The predicted molar refractivity (Wildman–Crippen MR) is 256 cm³/mol. The number of aromatic nitrogens is 2. The van der Waals surface area contributed by atoms with Crippen LogP contribution in [0.25, 0.3) is 88.4 Å². The van der Waals surface area contributed by atoms with Crippen molar-refractivity contribution in [1.82, 2.24) is 9.13 Å². The van der Waals surface area contributed by atoms with Gasteiger partial charge in [-0.15, -0.1) is 0 Å². The Kier molecular flexibility index (Phi) is 7.22. The molecule has 0 spiro atoms. The zero-order chi connectivity index (χ0) is 40.4. The van der Waals surface area contributed by atoms with Gasteiger partial charge in [-0.1, -0.05) is 159 Å². The van der Waals surface area contributed by atoms with Crippen molar-refractivity contribution < 1.29 is 0 Å². The van der Waals surface area contributed by atoms with Crippen molar-refractivity contribution in [3.05, 3.63) is 228 Å². The van der Waals surface area contributed by atoms with Crippen LogP contribution < -0.4 is 0 Å². The molecular weight excluding hydrogens is 737 g/mol. The second kappa shape index (κ2) is 12.8. The summed E-state index contributed by atoms with van der Waals surface area (Å²) < 4.78 is 5.02. The zero-order valence-electron chi connectivity index (χ0n) is 34.3. The fourth-order valence-electron chi connectivity index (χ4n) is 11.3. The summed E-state index contributed by atoms with van der Waals surface area (Å²) in [5.74, 6) is 0. The molecule has 61 heavy (non-hydrogen) atoms. The van der Waals surface area contributed by atoms with Crippen LogP contribution in [0.4, 0.5) is 0 Å². The van der Waals surface area contributed by atoms with Crippen LogP contribution in [0.5, 0.6) is 0 Å². The van der Waals surface area contributed by atoms with Crippen LogP contribution in [0.2, 0.25) is 0 Å². The van der Waals surface area contributed by atoms with E-state index in [4.69, 9.17) is 0 Å². The molecule has 0 atom stereocenters. The van der Waals surface area contributed by atoms with Gasteiger partial charge in [0.25, 0.3) is 0 Å². The Morgan fingerprint density at radius 3 is 1.69 bits per heavy atom. The Morgan fingerprint density at radius 1 is 0.410 bits per heavy atom. The molecule has 0 bridgehead atoms. The third-order valence-electron chi connectivity index (χ3n) is 14.0. The fraction of sp³-hybridized carbons (Fsp3) is 0.0847. The Balaban J connectivity index is 1.09. The number of hydrogen-bond donors (Lipinski definition) is 0. The van der Waals surface area contributed by atoms with Crippen LogP contribution in [-0.2, 0) is 18.3 Å². The number of fused-ring (bicyclic) bond motifs is 13. The summed E-state index contributed by atoms with van der Waals surface area (Å²) in [4.78, 5) is 0. The average Bonchev–Trinajstić information content (AvgIpc) is 3.92. The number of rotatable bonds is 4. The molecule has 13 rings (SSSR count). The summed E-state index contributed by atoms with van der Waals surface area (Å²) in [5.41, 5.74) is 22.1. The van der Waals surface area contributed by atoms with Gasteiger partial charge in [0.2, 0.25) is 0 Å². The SMILES string of the molecule is CC1(C)c2ccccc2-c2c1c1c(c3cc4c(cc23)Cc2ccccc2C4)c2ccccc2n1-c1ccc(-c2c(-c3ccccc3)n(-c3ccccc3)c3ccccc23)cc1. The quantitative estimate of drug-likeness (QED) is 0.168. The van der Waals surface area contributed by atoms with Gasteiger partial charge >= 0.3 is 0 Å². The van der Waals surface area contributed by atoms with Gasteiger partial charge in [0.05, 0.1) is 22.2 Å². The lowest BCUT2D eigenvalue weighted by Gasteiger charge is -2.25. The molecule has 2 aromatic heterocycles. The van der Waals surface area contributed by atoms with Gasteiger partial charge in [0.1, 0.15) is 0 Å². The molecule has 2 heterocycles. The lowest BCUT2D eigenvalue weighted by molar-refractivity contribution is 0.664. The van der Waals surface area contributed by atoms with E-state index in [2.05, 4.69) is 217 Å². The van der Waals surface area contributed by atoms with Crippen LogP contribution in [0.15, 0.2) is 194 Å². The minimum absolute atomic E-state index is 0.212. The van der Waals surface area contributed by atoms with E-state index in [1.54, 1.807) is 0 Å². The molecule has 2 nitrogen and oxygen atoms in total. The normalized spacial score (nSPS) is 13.7. The molecule has 288 valence electrons. The summed E-state index contributed by atoms with van der Waals surface area (Å²) in [7, 11) is 0. The minimum Gasteiger partial charge on any atom is -0.309 e. The average molecular weight is 779 g/mol. The van der Waals surface area contributed by atoms with E-state index in [1.807, 2.05) is 0 Å². The number of nitrogens with zero attached hydrogens (tertiary/aromatic N) is 2. The topological polar surface area (TPSA) is 9.86 Å². The molecule has 2 aliphatic rings. The highest BCUT2D eigenvalue weighted by Gasteiger charge is 2.40. The van der Waals surface area contributed by atoms with Gasteiger partial charge in [-0.3, -0.25) is 0 Å². The third kappa shape index (κ3) is 4.85. The summed E-state index contributed by atoms with van der Waals surface area (Å²) in [6.45, 7) is 4.88. The molecule has 0 saturated heterocycles. The maximum atomic E-state index is 2.58. The van der Waals surface area contributed by atoms with E-state index in [1.165, 1.54) is 116 Å². The Bertz CT molecular complexity index is 3580. The Morgan fingerprint density at radius 2 is 0.967 bits per heavy atom. The monoisotopic (exact) mass is 778 g/mol. The van der Waals surface area contributed by atoms with Gasteiger partial charge in [-0.05, 0) is 128 Å². The fourth-order valence-corrected chi connectivity index (χ4v) is 11.3. The molecule has 0 unspecified atom stereocenters. The van der Waals surface area contributed by atoms with E-state index in [0.717, 1.165) is 18.5 Å². The summed E-state index contributed by atoms with van der Waals surface area (Å²) in [6, 6.07) is 72.4. The van der Waals surface area contributed by atoms with Gasteiger partial charge in [-0.2, -0.15) is 0 Å². The van der Waals surface area contributed by atoms with Gasteiger partial charge in [0, 0.05) is 38.5 Å². The van der Waals surface area contributed by atoms with Crippen molar-refractivity contribution in [3.8, 4) is 44.9 Å². The third-order valence-corrected chi connectivity index (χ3v) is 14.0. The molecule has 9 aromatic carbocycles. The molecule has 0 radical (unpaired) electrons. The minimum atomic E-state index is -0.212. The van der Waals surface area contributed by atoms with Crippen molar-refractivity contribution in [2.75, 3.05) is 0 Å². The Hall–Kier alpha value is -7.42. The maximum absolute atomic E-state index is 2.58. The molecule has 0 aliphatic heterocycles. The van der Waals surface area contributed by atoms with Crippen molar-refractivity contribution in [2.24, 2.45) is 0 Å². The molecule has 0 amide bonds. The van der Waals surface area contributed by atoms with Gasteiger partial charge in [0.15, 0.2) is 0 Å². The van der Waals surface area contributed by atoms with Crippen LogP contribution in [0.3, 0.4) is 0 Å². The van der Waals surface area contributed by atoms with Crippen molar-refractivity contribution in [2.45, 2.75) is 32.1 Å². The molecular formula is C59H42N2. The second-order valence-electron chi connectivity index (χ2n) is 17.6. The highest BCUT2D eigenvalue weighted by molar-refractivity contribution is 6.27. The predicted octanol–water partition coefficient (Wildman–Crippen LogP) is 15.0. The molecule has 2 aliphatic carbocycles. The zero-order valence-corrected chi connectivity index (χ0v) is 34.3. The number of hydrogen-bond acceptors (Lipinski definition) is 0. The summed E-state index contributed by atoms with van der Waals surface area (Å²) in [5, 5.41) is 6.62. The van der Waals surface area contributed by atoms with Crippen LogP contribution >= 0.6 is 0 Å². The van der Waals surface area contributed by atoms with Crippen molar-refractivity contribution >= 4 is 43.5 Å². The molecule has 0 N–H and O–H groups in total. The summed E-state index contributed by atoms with van der Waals surface area (Å²) in [6.07, 6.45) is 1.94. The lowest BCUT2D eigenvalue weighted by Crippen LogP contribution is -2.16. The van der Waals surface area contributed by atoms with E-state index in [9.17, 15) is 0 Å². The number of para-hydroxylation sites is 3. The molecule has 0 fully saturated rings. The van der Waals surface area contributed by atoms with E-state index in [0.29, 0.717) is 0 Å². The molecule has 11 aromatic rings. The van der Waals surface area contributed by atoms with Crippen LogP contribution in [0, 0.1) is 0 Å². The number of benzene rings is 9. The highest BCUT2D eigenvalue weighted by atomic mass is 15.0. The van der Waals surface area contributed by atoms with Gasteiger partial charge in [-0.25, -0.2) is 0 Å². The second-order valence-corrected chi connectivity index (χ2v) is 17.6. The Labute approximate surface area is 355 Å². The smallest absolute Gasteiger partial charge is 0.0619 e. The van der Waals surface area contributed by atoms with Crippen LogP contribution in [-0.4, -0.2) is 9.13 Å². The largest absolute Gasteiger partial charge is 0.309 e. The highest BCUT2D eigenvalue weighted by Crippen LogP contribution is 2.57. The first kappa shape index (κ1) is 34.4. The van der Waals surface area contributed by atoms with Gasteiger partial charge < -0.3 is 9.13 Å².